The van der Waals surface area contributed by atoms with Crippen LogP contribution >= 0.6 is 0 Å². The molecule has 0 spiro atoms. The topological polar surface area (TPSA) is 43.6 Å². The van der Waals surface area contributed by atoms with Crippen LogP contribution in [0, 0.1) is 13.8 Å². The Balaban J connectivity index is 2.23. The molecular formula is C10H12N4. The number of rotatable bonds is 2. The van der Waals surface area contributed by atoms with Crippen LogP contribution in [0.25, 0.3) is 0 Å². The van der Waals surface area contributed by atoms with Gasteiger partial charge in [0.25, 0.3) is 0 Å². The van der Waals surface area contributed by atoms with Gasteiger partial charge in [0, 0.05) is 18.1 Å². The van der Waals surface area contributed by atoms with Crippen LogP contribution in [0.3, 0.4) is 0 Å². The minimum absolute atomic E-state index is 0.688. The lowest BCUT2D eigenvalue weighted by atomic mass is 10.4. The quantitative estimate of drug-likeness (QED) is 0.714. The van der Waals surface area contributed by atoms with Gasteiger partial charge in [-0.3, -0.25) is 0 Å². The summed E-state index contributed by atoms with van der Waals surface area (Å²) in [6.07, 6.45) is 5.32. The number of imidazole rings is 1. The fraction of sp³-hybridized carbons (Fsp3) is 0.300. The van der Waals surface area contributed by atoms with Gasteiger partial charge >= 0.3 is 0 Å². The first-order valence-electron chi connectivity index (χ1n) is 4.51. The fourth-order valence-electron chi connectivity index (χ4n) is 1.27. The number of aromatic nitrogens is 4. The summed E-state index contributed by atoms with van der Waals surface area (Å²) < 4.78 is 2.05. The van der Waals surface area contributed by atoms with E-state index < -0.39 is 0 Å². The van der Waals surface area contributed by atoms with Crippen molar-refractivity contribution in [1.82, 2.24) is 19.5 Å². The van der Waals surface area contributed by atoms with E-state index in [1.54, 1.807) is 12.4 Å². The van der Waals surface area contributed by atoms with E-state index in [2.05, 4.69) is 15.0 Å². The van der Waals surface area contributed by atoms with Crippen molar-refractivity contribution in [3.8, 4) is 0 Å². The minimum atomic E-state index is 0.688. The third-order valence-electron chi connectivity index (χ3n) is 2.28. The fourth-order valence-corrected chi connectivity index (χ4v) is 1.27. The van der Waals surface area contributed by atoms with E-state index in [9.17, 15) is 0 Å². The highest BCUT2D eigenvalue weighted by Gasteiger charge is 2.03. The molecule has 0 aromatic carbocycles. The Bertz CT molecular complexity index is 419. The summed E-state index contributed by atoms with van der Waals surface area (Å²) >= 11 is 0. The van der Waals surface area contributed by atoms with Gasteiger partial charge in [-0.2, -0.15) is 0 Å². The predicted octanol–water partition coefficient (Wildman–Crippen LogP) is 1.34. The Morgan fingerprint density at radius 1 is 1.14 bits per heavy atom. The van der Waals surface area contributed by atoms with Crippen molar-refractivity contribution in [3.63, 3.8) is 0 Å². The maximum absolute atomic E-state index is 4.22. The Labute approximate surface area is 82.7 Å². The molecule has 0 bridgehead atoms. The minimum Gasteiger partial charge on any atom is -0.327 e. The summed E-state index contributed by atoms with van der Waals surface area (Å²) in [5.74, 6) is 0.813. The Hall–Kier alpha value is -1.71. The molecular weight excluding hydrogens is 176 g/mol. The smallest absolute Gasteiger partial charge is 0.147 e. The number of hydrogen-bond donors (Lipinski definition) is 0. The average molecular weight is 188 g/mol. The number of hydrogen-bond acceptors (Lipinski definition) is 3. The summed E-state index contributed by atoms with van der Waals surface area (Å²) in [5.41, 5.74) is 2.22. The van der Waals surface area contributed by atoms with Crippen LogP contribution in [0.5, 0.6) is 0 Å². The lowest BCUT2D eigenvalue weighted by molar-refractivity contribution is 0.721. The maximum Gasteiger partial charge on any atom is 0.147 e. The van der Waals surface area contributed by atoms with Gasteiger partial charge in [0.2, 0.25) is 0 Å². The monoisotopic (exact) mass is 188 g/mol. The molecule has 2 aromatic heterocycles. The predicted molar refractivity (Wildman–Crippen MR) is 52.8 cm³/mol. The molecule has 14 heavy (non-hydrogen) atoms. The van der Waals surface area contributed by atoms with E-state index in [0.29, 0.717) is 6.54 Å². The number of nitrogens with zero attached hydrogens (tertiary/aromatic N) is 4. The van der Waals surface area contributed by atoms with Crippen LogP contribution in [0.4, 0.5) is 0 Å². The van der Waals surface area contributed by atoms with Crippen LogP contribution < -0.4 is 0 Å². The van der Waals surface area contributed by atoms with Gasteiger partial charge in [0.15, 0.2) is 0 Å². The van der Waals surface area contributed by atoms with Crippen molar-refractivity contribution in [2.24, 2.45) is 0 Å². The summed E-state index contributed by atoms with van der Waals surface area (Å²) in [4.78, 5) is 12.5. The van der Waals surface area contributed by atoms with E-state index in [1.807, 2.05) is 30.8 Å². The van der Waals surface area contributed by atoms with Gasteiger partial charge in [-0.05, 0) is 19.9 Å². The second-order valence-electron chi connectivity index (χ2n) is 3.21. The largest absolute Gasteiger partial charge is 0.327 e. The van der Waals surface area contributed by atoms with Crippen LogP contribution in [-0.2, 0) is 6.54 Å². The van der Waals surface area contributed by atoms with E-state index in [1.165, 1.54) is 0 Å². The highest BCUT2D eigenvalue weighted by Crippen LogP contribution is 2.05. The van der Waals surface area contributed by atoms with Gasteiger partial charge in [-0.1, -0.05) is 0 Å². The van der Waals surface area contributed by atoms with Crippen molar-refractivity contribution in [3.05, 3.63) is 42.0 Å². The first-order valence-corrected chi connectivity index (χ1v) is 4.51. The molecule has 2 heterocycles. The Morgan fingerprint density at radius 3 is 2.43 bits per heavy atom. The highest BCUT2D eigenvalue weighted by molar-refractivity contribution is 5.09. The van der Waals surface area contributed by atoms with Crippen LogP contribution in [-0.4, -0.2) is 19.5 Å². The summed E-state index contributed by atoms with van der Waals surface area (Å²) in [6, 6.07) is 1.81. The second kappa shape index (κ2) is 3.57. The molecule has 72 valence electrons. The molecule has 4 nitrogen and oxygen atoms in total. The molecule has 0 radical (unpaired) electrons. The lowest BCUT2D eigenvalue weighted by Crippen LogP contribution is -2.04. The van der Waals surface area contributed by atoms with Crippen molar-refractivity contribution in [2.45, 2.75) is 20.4 Å². The second-order valence-corrected chi connectivity index (χ2v) is 3.21. The zero-order valence-electron chi connectivity index (χ0n) is 8.31. The standard InChI is InChI=1S/C10H12N4/c1-8-9(2)14(7-13-8)6-10-11-4-3-5-12-10/h3-5,7H,6H2,1-2H3. The molecule has 0 aliphatic carbocycles. The van der Waals surface area contributed by atoms with Crippen molar-refractivity contribution >= 4 is 0 Å². The molecule has 0 saturated carbocycles. The highest BCUT2D eigenvalue weighted by atomic mass is 15.1. The van der Waals surface area contributed by atoms with Gasteiger partial charge in [0.1, 0.15) is 5.82 Å². The molecule has 0 N–H and O–H groups in total. The Morgan fingerprint density at radius 2 is 1.86 bits per heavy atom. The van der Waals surface area contributed by atoms with E-state index in [0.717, 1.165) is 17.2 Å². The molecule has 4 heteroatoms. The first kappa shape index (κ1) is 8.87. The van der Waals surface area contributed by atoms with Crippen LogP contribution in [0.1, 0.15) is 17.2 Å². The normalized spacial score (nSPS) is 10.4. The van der Waals surface area contributed by atoms with E-state index >= 15 is 0 Å². The molecule has 2 aromatic rings. The first-order chi connectivity index (χ1) is 6.77. The maximum atomic E-state index is 4.22. The van der Waals surface area contributed by atoms with Crippen molar-refractivity contribution in [2.75, 3.05) is 0 Å². The molecule has 2 rings (SSSR count). The third kappa shape index (κ3) is 1.64. The molecule has 0 saturated heterocycles. The average Bonchev–Trinajstić information content (AvgIpc) is 2.52. The zero-order valence-corrected chi connectivity index (χ0v) is 8.31. The van der Waals surface area contributed by atoms with Gasteiger partial charge < -0.3 is 4.57 Å². The zero-order chi connectivity index (χ0) is 9.97. The third-order valence-corrected chi connectivity index (χ3v) is 2.28. The van der Waals surface area contributed by atoms with Gasteiger partial charge in [-0.25, -0.2) is 15.0 Å². The van der Waals surface area contributed by atoms with Gasteiger partial charge in [0.05, 0.1) is 18.6 Å². The van der Waals surface area contributed by atoms with Crippen LogP contribution in [0.2, 0.25) is 0 Å². The molecule has 0 aliphatic heterocycles. The van der Waals surface area contributed by atoms with E-state index in [4.69, 9.17) is 0 Å². The lowest BCUT2D eigenvalue weighted by Gasteiger charge is -2.03. The van der Waals surface area contributed by atoms with E-state index in [-0.39, 0.29) is 0 Å². The Kier molecular flexibility index (Phi) is 2.26. The van der Waals surface area contributed by atoms with Crippen molar-refractivity contribution < 1.29 is 0 Å². The van der Waals surface area contributed by atoms with Crippen LogP contribution in [0.15, 0.2) is 24.8 Å². The molecule has 0 amide bonds. The van der Waals surface area contributed by atoms with Crippen molar-refractivity contribution in [1.29, 1.82) is 0 Å². The molecule has 0 unspecified atom stereocenters. The summed E-state index contributed by atoms with van der Waals surface area (Å²) in [5, 5.41) is 0. The molecule has 0 atom stereocenters. The SMILES string of the molecule is Cc1ncn(Cc2ncccn2)c1C. The van der Waals surface area contributed by atoms with Gasteiger partial charge in [-0.15, -0.1) is 0 Å². The molecule has 0 fully saturated rings. The number of aryl methyl sites for hydroxylation is 1. The molecule has 0 aliphatic rings. The summed E-state index contributed by atoms with van der Waals surface area (Å²) in [6.45, 7) is 4.73. The summed E-state index contributed by atoms with van der Waals surface area (Å²) in [7, 11) is 0.